The summed E-state index contributed by atoms with van der Waals surface area (Å²) in [6.45, 7) is 1.99. The van der Waals surface area contributed by atoms with Gasteiger partial charge >= 0.3 is 0 Å². The summed E-state index contributed by atoms with van der Waals surface area (Å²) in [5.41, 5.74) is 0. The van der Waals surface area contributed by atoms with Crippen LogP contribution in [-0.4, -0.2) is 44.7 Å². The van der Waals surface area contributed by atoms with E-state index in [-0.39, 0.29) is 28.9 Å². The Bertz CT molecular complexity index is 771. The topological polar surface area (TPSA) is 96.3 Å². The molecule has 1 aromatic heterocycles. The van der Waals surface area contributed by atoms with Crippen LogP contribution in [0.15, 0.2) is 16.0 Å². The molecule has 3 heterocycles. The summed E-state index contributed by atoms with van der Waals surface area (Å²) in [4.78, 5) is 29.8. The number of nitrogens with one attached hydrogen (secondary N) is 2. The fourth-order valence-electron chi connectivity index (χ4n) is 2.61. The third kappa shape index (κ3) is 4.06. The number of amides is 2. The average molecular weight is 396 g/mol. The molecule has 0 saturated heterocycles. The maximum Gasteiger partial charge on any atom is 0.236 e. The number of fused-ring (bicyclic) bond motifs is 1. The molecule has 2 N–H and O–H groups in total. The first-order valence-corrected chi connectivity index (χ1v) is 10.9. The molecule has 0 bridgehead atoms. The summed E-state index contributed by atoms with van der Waals surface area (Å²) in [7, 11) is 0. The first-order valence-electron chi connectivity index (χ1n) is 8.02. The molecule has 4 rings (SSSR count). The third-order valence-electron chi connectivity index (χ3n) is 3.97. The molecule has 132 valence electrons. The van der Waals surface area contributed by atoms with Crippen LogP contribution < -0.4 is 10.6 Å². The van der Waals surface area contributed by atoms with E-state index < -0.39 is 0 Å². The van der Waals surface area contributed by atoms with Crippen molar-refractivity contribution in [1.82, 2.24) is 15.5 Å². The number of anilines is 1. The number of hydrogen-bond acceptors (Lipinski definition) is 8. The first-order chi connectivity index (χ1) is 12.1. The van der Waals surface area contributed by atoms with E-state index in [2.05, 4.69) is 25.8 Å². The highest BCUT2D eigenvalue weighted by Gasteiger charge is 2.36. The lowest BCUT2D eigenvalue weighted by Crippen LogP contribution is -2.44. The fraction of sp³-hybridized carbons (Fsp3) is 0.533. The smallest absolute Gasteiger partial charge is 0.236 e. The van der Waals surface area contributed by atoms with Gasteiger partial charge in [-0.15, -0.1) is 33.7 Å². The van der Waals surface area contributed by atoms with E-state index in [9.17, 15) is 9.59 Å². The number of allylic oxidation sites excluding steroid dienone is 1. The minimum atomic E-state index is -0.167. The molecule has 0 radical (unpaired) electrons. The number of hydrogen-bond donors (Lipinski definition) is 2. The van der Waals surface area contributed by atoms with Gasteiger partial charge in [-0.2, -0.15) is 0 Å². The van der Waals surface area contributed by atoms with Crippen LogP contribution in [0.1, 0.15) is 30.7 Å². The van der Waals surface area contributed by atoms with Crippen molar-refractivity contribution in [1.29, 1.82) is 0 Å². The minimum Gasteiger partial charge on any atom is -0.313 e. The second kappa shape index (κ2) is 7.08. The largest absolute Gasteiger partial charge is 0.313 e. The molecule has 2 atom stereocenters. The second-order valence-corrected chi connectivity index (χ2v) is 9.49. The average Bonchev–Trinajstić information content (AvgIpc) is 3.19. The Labute approximate surface area is 157 Å². The number of rotatable bonds is 6. The zero-order valence-corrected chi connectivity index (χ0v) is 16.0. The van der Waals surface area contributed by atoms with Gasteiger partial charge in [-0.25, -0.2) is 0 Å². The monoisotopic (exact) mass is 395 g/mol. The molecule has 1 saturated carbocycles. The number of carbonyl (C=O) groups excluding carboxylic acids is 2. The van der Waals surface area contributed by atoms with E-state index in [1.807, 2.05) is 13.0 Å². The minimum absolute atomic E-state index is 0.00846. The molecule has 0 aromatic carbocycles. The van der Waals surface area contributed by atoms with Crippen molar-refractivity contribution in [3.8, 4) is 0 Å². The maximum atomic E-state index is 12.1. The van der Waals surface area contributed by atoms with Crippen LogP contribution in [0, 0.1) is 5.92 Å². The second-order valence-electron chi connectivity index (χ2n) is 6.14. The first kappa shape index (κ1) is 17.0. The molecule has 0 spiro atoms. The van der Waals surface area contributed by atoms with Gasteiger partial charge in [0.1, 0.15) is 16.2 Å². The van der Waals surface area contributed by atoms with E-state index in [0.717, 1.165) is 9.91 Å². The summed E-state index contributed by atoms with van der Waals surface area (Å²) >= 11 is 4.49. The highest BCUT2D eigenvalue weighted by atomic mass is 32.2. The summed E-state index contributed by atoms with van der Waals surface area (Å²) in [5, 5.41) is 15.2. The van der Waals surface area contributed by atoms with E-state index in [4.69, 9.17) is 0 Å². The van der Waals surface area contributed by atoms with Crippen molar-refractivity contribution >= 4 is 57.6 Å². The molecular formula is C15H17N5O2S3. The Kier molecular flexibility index (Phi) is 4.83. The molecule has 10 heteroatoms. The molecule has 1 aromatic rings. The van der Waals surface area contributed by atoms with Crippen molar-refractivity contribution in [2.24, 2.45) is 10.9 Å². The lowest BCUT2D eigenvalue weighted by atomic mass is 10.1. The quantitative estimate of drug-likeness (QED) is 0.767. The normalized spacial score (nSPS) is 25.1. The Hall–Kier alpha value is -1.39. The molecule has 25 heavy (non-hydrogen) atoms. The third-order valence-corrected chi connectivity index (χ3v) is 7.06. The van der Waals surface area contributed by atoms with Crippen LogP contribution in [0.5, 0.6) is 0 Å². The van der Waals surface area contributed by atoms with Gasteiger partial charge in [-0.1, -0.05) is 17.4 Å². The summed E-state index contributed by atoms with van der Waals surface area (Å²) < 4.78 is 0. The van der Waals surface area contributed by atoms with Crippen LogP contribution >= 0.6 is 34.9 Å². The lowest BCUT2D eigenvalue weighted by Gasteiger charge is -2.22. The van der Waals surface area contributed by atoms with Gasteiger partial charge in [0.15, 0.2) is 0 Å². The number of amidine groups is 1. The van der Waals surface area contributed by atoms with Gasteiger partial charge in [0.25, 0.3) is 0 Å². The highest BCUT2D eigenvalue weighted by Crippen LogP contribution is 2.42. The number of nitrogens with zero attached hydrogens (tertiary/aromatic N) is 3. The van der Waals surface area contributed by atoms with Gasteiger partial charge in [0.2, 0.25) is 16.9 Å². The van der Waals surface area contributed by atoms with Gasteiger partial charge < -0.3 is 5.32 Å². The number of carbonyl (C=O) groups is 2. The van der Waals surface area contributed by atoms with Crippen LogP contribution in [0.25, 0.3) is 0 Å². The number of thioether (sulfide) groups is 2. The molecule has 0 unspecified atom stereocenters. The highest BCUT2D eigenvalue weighted by molar-refractivity contribution is 8.04. The predicted octanol–water partition coefficient (Wildman–Crippen LogP) is 2.21. The van der Waals surface area contributed by atoms with Crippen molar-refractivity contribution < 1.29 is 9.59 Å². The maximum absolute atomic E-state index is 12.1. The number of aromatic nitrogens is 2. The van der Waals surface area contributed by atoms with Crippen molar-refractivity contribution in [3.05, 3.63) is 16.0 Å². The van der Waals surface area contributed by atoms with Crippen molar-refractivity contribution in [3.63, 3.8) is 0 Å². The predicted molar refractivity (Wildman–Crippen MR) is 102 cm³/mol. The Morgan fingerprint density at radius 1 is 1.44 bits per heavy atom. The van der Waals surface area contributed by atoms with Crippen LogP contribution in [0.3, 0.4) is 0 Å². The fourth-order valence-corrected chi connectivity index (χ4v) is 5.37. The number of aliphatic imine (C=N–C) groups is 1. The van der Waals surface area contributed by atoms with Crippen molar-refractivity contribution in [2.45, 2.75) is 31.1 Å². The zero-order chi connectivity index (χ0) is 17.4. The standard InChI is InChI=1S/C15H17N5O2S3/c1-7-4-9-12(22)16-10(17-14(9)24-7)5-23-6-11(21)18-15-20-19-13(25-15)8-2-3-8/h4,8-9,14H,2-3,5-6H2,1H3,(H,16,17,22)(H,18,20,21)/t9-,14+/m0/s1. The van der Waals surface area contributed by atoms with Gasteiger partial charge in [-0.05, 0) is 24.7 Å². The zero-order valence-electron chi connectivity index (χ0n) is 13.5. The molecule has 7 nitrogen and oxygen atoms in total. The van der Waals surface area contributed by atoms with E-state index in [0.29, 0.717) is 22.6 Å². The van der Waals surface area contributed by atoms with E-state index >= 15 is 0 Å². The Morgan fingerprint density at radius 3 is 3.08 bits per heavy atom. The molecule has 3 aliphatic rings. The van der Waals surface area contributed by atoms with Gasteiger partial charge in [0.05, 0.1) is 17.4 Å². The van der Waals surface area contributed by atoms with Crippen molar-refractivity contribution in [2.75, 3.05) is 16.8 Å². The summed E-state index contributed by atoms with van der Waals surface area (Å²) in [6, 6.07) is 0. The van der Waals surface area contributed by atoms with Gasteiger partial charge in [-0.3, -0.25) is 19.9 Å². The van der Waals surface area contributed by atoms with Crippen LogP contribution in [-0.2, 0) is 9.59 Å². The van der Waals surface area contributed by atoms with E-state index in [1.54, 1.807) is 11.8 Å². The summed E-state index contributed by atoms with van der Waals surface area (Å²) in [5.74, 6) is 1.69. The molecule has 2 aliphatic heterocycles. The SMILES string of the molecule is CC1=C[C@H]2C(=O)NC(CSCC(=O)Nc3nnc(C4CC4)s3)=N[C@@H]2S1. The Morgan fingerprint density at radius 2 is 2.28 bits per heavy atom. The molecule has 1 fully saturated rings. The molecule has 2 amide bonds. The van der Waals surface area contributed by atoms with Crippen LogP contribution in [0.4, 0.5) is 5.13 Å². The van der Waals surface area contributed by atoms with Gasteiger partial charge in [0, 0.05) is 5.92 Å². The Balaban J connectivity index is 1.24. The lowest BCUT2D eigenvalue weighted by molar-refractivity contribution is -0.122. The molecule has 1 aliphatic carbocycles. The van der Waals surface area contributed by atoms with E-state index in [1.165, 1.54) is 35.9 Å². The van der Waals surface area contributed by atoms with Crippen LogP contribution in [0.2, 0.25) is 0 Å². The molecular weight excluding hydrogens is 378 g/mol. The summed E-state index contributed by atoms with van der Waals surface area (Å²) in [6.07, 6.45) is 4.30.